The molecule has 0 spiro atoms. The molecule has 4 nitrogen and oxygen atoms in total. The molecule has 0 aliphatic heterocycles. The van der Waals surface area contributed by atoms with Gasteiger partial charge < -0.3 is 5.73 Å². The van der Waals surface area contributed by atoms with Crippen LogP contribution in [0.5, 0.6) is 0 Å². The normalized spacial score (nSPS) is 10.2. The largest absolute Gasteiger partial charge is 0.389 e. The van der Waals surface area contributed by atoms with Gasteiger partial charge in [-0.15, -0.1) is 11.3 Å². The van der Waals surface area contributed by atoms with Gasteiger partial charge in [-0.25, -0.2) is 4.98 Å². The number of hydrogen-bond acceptors (Lipinski definition) is 5. The molecule has 0 atom stereocenters. The van der Waals surface area contributed by atoms with E-state index < -0.39 is 0 Å². The molecule has 0 saturated carbocycles. The summed E-state index contributed by atoms with van der Waals surface area (Å²) in [5, 5.41) is 5.74. The highest BCUT2D eigenvalue weighted by atomic mass is 32.1. The summed E-state index contributed by atoms with van der Waals surface area (Å²) >= 11 is 2.67. The molecule has 0 unspecified atom stereocenters. The third kappa shape index (κ3) is 2.16. The van der Waals surface area contributed by atoms with Gasteiger partial charge in [0.25, 0.3) is 5.91 Å². The Kier molecular flexibility index (Phi) is 2.70. The first kappa shape index (κ1) is 10.1. The SMILES string of the molecule is Cc1nc(NC(=O)c2cccs2)sc1N. The number of aryl methyl sites for hydroxylation is 1. The van der Waals surface area contributed by atoms with E-state index in [1.54, 1.807) is 6.07 Å². The van der Waals surface area contributed by atoms with E-state index in [1.165, 1.54) is 22.7 Å². The minimum atomic E-state index is -0.140. The zero-order chi connectivity index (χ0) is 10.8. The highest BCUT2D eigenvalue weighted by Crippen LogP contribution is 2.25. The van der Waals surface area contributed by atoms with Crippen LogP contribution in [0.25, 0.3) is 0 Å². The highest BCUT2D eigenvalue weighted by molar-refractivity contribution is 7.19. The molecule has 0 aliphatic rings. The van der Waals surface area contributed by atoms with Crippen LogP contribution in [0.3, 0.4) is 0 Å². The van der Waals surface area contributed by atoms with Crippen LogP contribution in [0.1, 0.15) is 15.4 Å². The maximum Gasteiger partial charge on any atom is 0.267 e. The fourth-order valence-electron chi connectivity index (χ4n) is 1.03. The molecule has 0 saturated heterocycles. The van der Waals surface area contributed by atoms with E-state index in [9.17, 15) is 4.79 Å². The van der Waals surface area contributed by atoms with E-state index in [0.29, 0.717) is 15.0 Å². The molecule has 0 radical (unpaired) electrons. The highest BCUT2D eigenvalue weighted by Gasteiger charge is 2.10. The smallest absolute Gasteiger partial charge is 0.267 e. The summed E-state index contributed by atoms with van der Waals surface area (Å²) in [7, 11) is 0. The average molecular weight is 239 g/mol. The first-order chi connectivity index (χ1) is 7.16. The van der Waals surface area contributed by atoms with Gasteiger partial charge in [-0.3, -0.25) is 10.1 Å². The number of nitrogens with two attached hydrogens (primary N) is 1. The lowest BCUT2D eigenvalue weighted by Crippen LogP contribution is -2.09. The number of amides is 1. The Balaban J connectivity index is 2.13. The number of carbonyl (C=O) groups is 1. The van der Waals surface area contributed by atoms with Crippen molar-refractivity contribution in [3.8, 4) is 0 Å². The van der Waals surface area contributed by atoms with Gasteiger partial charge in [0.2, 0.25) is 0 Å². The first-order valence-electron chi connectivity index (χ1n) is 4.24. The molecular weight excluding hydrogens is 230 g/mol. The molecule has 0 aromatic carbocycles. The van der Waals surface area contributed by atoms with Crippen molar-refractivity contribution in [1.29, 1.82) is 0 Å². The lowest BCUT2D eigenvalue weighted by atomic mass is 10.4. The quantitative estimate of drug-likeness (QED) is 0.845. The fraction of sp³-hybridized carbons (Fsp3) is 0.111. The number of aromatic nitrogens is 1. The van der Waals surface area contributed by atoms with Crippen molar-refractivity contribution < 1.29 is 4.79 Å². The Morgan fingerprint density at radius 1 is 1.60 bits per heavy atom. The summed E-state index contributed by atoms with van der Waals surface area (Å²) in [6, 6.07) is 3.60. The predicted molar refractivity (Wildman–Crippen MR) is 63.5 cm³/mol. The molecule has 3 N–H and O–H groups in total. The molecule has 15 heavy (non-hydrogen) atoms. The Hall–Kier alpha value is -1.40. The van der Waals surface area contributed by atoms with E-state index in [0.717, 1.165) is 5.69 Å². The molecule has 2 aromatic rings. The van der Waals surface area contributed by atoms with Crippen molar-refractivity contribution in [2.75, 3.05) is 11.1 Å². The van der Waals surface area contributed by atoms with E-state index in [4.69, 9.17) is 5.73 Å². The molecule has 0 fully saturated rings. The molecule has 1 amide bonds. The second kappa shape index (κ2) is 4.00. The zero-order valence-electron chi connectivity index (χ0n) is 7.98. The van der Waals surface area contributed by atoms with Crippen LogP contribution in [-0.2, 0) is 0 Å². The van der Waals surface area contributed by atoms with Crippen molar-refractivity contribution >= 4 is 38.7 Å². The number of thiazole rings is 1. The van der Waals surface area contributed by atoms with Crippen molar-refractivity contribution in [3.05, 3.63) is 28.1 Å². The number of nitrogens with one attached hydrogen (secondary N) is 1. The summed E-state index contributed by atoms with van der Waals surface area (Å²) in [6.07, 6.45) is 0. The van der Waals surface area contributed by atoms with Gasteiger partial charge in [-0.1, -0.05) is 17.4 Å². The van der Waals surface area contributed by atoms with Crippen LogP contribution >= 0.6 is 22.7 Å². The van der Waals surface area contributed by atoms with Gasteiger partial charge in [-0.05, 0) is 18.4 Å². The summed E-state index contributed by atoms with van der Waals surface area (Å²) in [5.74, 6) is -0.140. The van der Waals surface area contributed by atoms with E-state index in [-0.39, 0.29) is 5.91 Å². The monoisotopic (exact) mass is 239 g/mol. The molecule has 2 heterocycles. The Bertz CT molecular complexity index is 456. The summed E-state index contributed by atoms with van der Waals surface area (Å²) in [4.78, 5) is 16.4. The number of carbonyl (C=O) groups excluding carboxylic acids is 1. The van der Waals surface area contributed by atoms with Crippen molar-refractivity contribution in [2.45, 2.75) is 6.92 Å². The lowest BCUT2D eigenvalue weighted by molar-refractivity contribution is 0.103. The van der Waals surface area contributed by atoms with Gasteiger partial charge >= 0.3 is 0 Å². The Morgan fingerprint density at radius 3 is 2.93 bits per heavy atom. The number of hydrogen-bond donors (Lipinski definition) is 2. The summed E-state index contributed by atoms with van der Waals surface area (Å²) in [5.41, 5.74) is 6.39. The van der Waals surface area contributed by atoms with Crippen LogP contribution in [0.15, 0.2) is 17.5 Å². The van der Waals surface area contributed by atoms with Gasteiger partial charge in [0.1, 0.15) is 5.00 Å². The minimum Gasteiger partial charge on any atom is -0.389 e. The van der Waals surface area contributed by atoms with Gasteiger partial charge in [0.15, 0.2) is 5.13 Å². The van der Waals surface area contributed by atoms with Gasteiger partial charge in [0, 0.05) is 0 Å². The summed E-state index contributed by atoms with van der Waals surface area (Å²) in [6.45, 7) is 1.81. The third-order valence-corrected chi connectivity index (χ3v) is 3.57. The van der Waals surface area contributed by atoms with Gasteiger partial charge in [-0.2, -0.15) is 0 Å². The maximum absolute atomic E-state index is 11.6. The van der Waals surface area contributed by atoms with Crippen LogP contribution < -0.4 is 11.1 Å². The van der Waals surface area contributed by atoms with Gasteiger partial charge in [0.05, 0.1) is 10.6 Å². The molecule has 6 heteroatoms. The Labute approximate surface area is 94.8 Å². The first-order valence-corrected chi connectivity index (χ1v) is 5.94. The van der Waals surface area contributed by atoms with Crippen LogP contribution in [0, 0.1) is 6.92 Å². The van der Waals surface area contributed by atoms with E-state index in [2.05, 4.69) is 10.3 Å². The minimum absolute atomic E-state index is 0.140. The number of nitrogen functional groups attached to an aromatic ring is 1. The van der Waals surface area contributed by atoms with E-state index in [1.807, 2.05) is 18.4 Å². The topological polar surface area (TPSA) is 68.0 Å². The molecule has 0 aliphatic carbocycles. The second-order valence-electron chi connectivity index (χ2n) is 2.90. The van der Waals surface area contributed by atoms with Crippen molar-refractivity contribution in [1.82, 2.24) is 4.98 Å². The van der Waals surface area contributed by atoms with Crippen LogP contribution in [0.2, 0.25) is 0 Å². The number of thiophene rings is 1. The van der Waals surface area contributed by atoms with Crippen LogP contribution in [0.4, 0.5) is 10.1 Å². The molecular formula is C9H9N3OS2. The molecule has 78 valence electrons. The maximum atomic E-state index is 11.6. The average Bonchev–Trinajstić information content (AvgIpc) is 2.77. The third-order valence-electron chi connectivity index (χ3n) is 1.80. The number of rotatable bonds is 2. The predicted octanol–water partition coefficient (Wildman–Crippen LogP) is 2.35. The number of anilines is 2. The summed E-state index contributed by atoms with van der Waals surface area (Å²) < 4.78 is 0. The van der Waals surface area contributed by atoms with Crippen molar-refractivity contribution in [2.24, 2.45) is 0 Å². The number of nitrogens with zero attached hydrogens (tertiary/aromatic N) is 1. The van der Waals surface area contributed by atoms with Crippen molar-refractivity contribution in [3.63, 3.8) is 0 Å². The fourth-order valence-corrected chi connectivity index (χ4v) is 2.38. The zero-order valence-corrected chi connectivity index (χ0v) is 9.61. The second-order valence-corrected chi connectivity index (χ2v) is 4.88. The lowest BCUT2D eigenvalue weighted by Gasteiger charge is -1.96. The van der Waals surface area contributed by atoms with Crippen LogP contribution in [-0.4, -0.2) is 10.9 Å². The molecule has 0 bridgehead atoms. The Morgan fingerprint density at radius 2 is 2.40 bits per heavy atom. The van der Waals surface area contributed by atoms with E-state index >= 15 is 0 Å². The molecule has 2 aromatic heterocycles. The molecule has 2 rings (SSSR count). The standard InChI is InChI=1S/C9H9N3OS2/c1-5-7(10)15-9(11-5)12-8(13)6-3-2-4-14-6/h2-4H,10H2,1H3,(H,11,12,13).